The van der Waals surface area contributed by atoms with Gasteiger partial charge >= 0.3 is 0 Å². The van der Waals surface area contributed by atoms with Crippen molar-refractivity contribution in [1.82, 2.24) is 4.90 Å². The summed E-state index contributed by atoms with van der Waals surface area (Å²) in [5, 5.41) is 0. The number of carbonyl (C=O) groups excluding carboxylic acids is 1. The molecule has 0 fully saturated rings. The van der Waals surface area contributed by atoms with E-state index in [1.54, 1.807) is 51.6 Å². The van der Waals surface area contributed by atoms with Gasteiger partial charge in [-0.1, -0.05) is 18.2 Å². The average Bonchev–Trinajstić information content (AvgIpc) is 2.64. The Bertz CT molecular complexity index is 943. The zero-order chi connectivity index (χ0) is 20.9. The lowest BCUT2D eigenvalue weighted by molar-refractivity contribution is -0.128. The highest BCUT2D eigenvalue weighted by atomic mass is 32.2. The summed E-state index contributed by atoms with van der Waals surface area (Å²) in [6.07, 6.45) is 1.09. The maximum atomic E-state index is 12.7. The van der Waals surface area contributed by atoms with E-state index in [0.717, 1.165) is 21.7 Å². The van der Waals surface area contributed by atoms with Gasteiger partial charge in [-0.05, 0) is 42.3 Å². The van der Waals surface area contributed by atoms with Gasteiger partial charge in [0.25, 0.3) is 0 Å². The molecule has 0 aliphatic carbocycles. The van der Waals surface area contributed by atoms with Crippen LogP contribution in [0.25, 0.3) is 0 Å². The fourth-order valence-electron chi connectivity index (χ4n) is 2.77. The second kappa shape index (κ2) is 8.97. The van der Waals surface area contributed by atoms with E-state index in [4.69, 9.17) is 9.47 Å². The molecule has 0 bridgehead atoms. The van der Waals surface area contributed by atoms with Crippen molar-refractivity contribution >= 4 is 21.6 Å². The third-order valence-electron chi connectivity index (χ3n) is 4.26. The van der Waals surface area contributed by atoms with E-state index in [2.05, 4.69) is 0 Å². The van der Waals surface area contributed by atoms with E-state index in [0.29, 0.717) is 23.7 Å². The number of hydrogen-bond acceptors (Lipinski definition) is 5. The summed E-state index contributed by atoms with van der Waals surface area (Å²) in [6.45, 7) is 1.91. The Kier molecular flexibility index (Phi) is 6.90. The molecule has 2 rings (SSSR count). The number of methoxy groups -OCH3 is 2. The van der Waals surface area contributed by atoms with Crippen molar-refractivity contribution in [2.45, 2.75) is 13.5 Å². The van der Waals surface area contributed by atoms with E-state index >= 15 is 0 Å². The predicted molar refractivity (Wildman–Crippen MR) is 109 cm³/mol. The van der Waals surface area contributed by atoms with Crippen LogP contribution < -0.4 is 13.8 Å². The minimum atomic E-state index is -3.61. The molecular formula is C20H26N2O5S. The molecule has 152 valence electrons. The first-order valence-corrected chi connectivity index (χ1v) is 10.5. The molecular weight excluding hydrogens is 380 g/mol. The third kappa shape index (κ3) is 5.39. The summed E-state index contributed by atoms with van der Waals surface area (Å²) in [5.74, 6) is 0.850. The second-order valence-corrected chi connectivity index (χ2v) is 8.45. The molecule has 0 aliphatic heterocycles. The van der Waals surface area contributed by atoms with E-state index in [-0.39, 0.29) is 12.5 Å². The summed E-state index contributed by atoms with van der Waals surface area (Å²) in [5.41, 5.74) is 2.22. The summed E-state index contributed by atoms with van der Waals surface area (Å²) < 4.78 is 36.1. The van der Waals surface area contributed by atoms with Gasteiger partial charge in [0.2, 0.25) is 15.9 Å². The van der Waals surface area contributed by atoms with Crippen LogP contribution >= 0.6 is 0 Å². The van der Waals surface area contributed by atoms with Gasteiger partial charge in [-0.3, -0.25) is 9.10 Å². The molecule has 2 aromatic rings. The van der Waals surface area contributed by atoms with Crippen molar-refractivity contribution in [3.05, 3.63) is 53.6 Å². The molecule has 8 heteroatoms. The predicted octanol–water partition coefficient (Wildman–Crippen LogP) is 2.44. The van der Waals surface area contributed by atoms with Gasteiger partial charge in [0.05, 0.1) is 26.2 Å². The van der Waals surface area contributed by atoms with Crippen LogP contribution in [0.1, 0.15) is 11.1 Å². The lowest BCUT2D eigenvalue weighted by Gasteiger charge is -2.25. The fraction of sp³-hybridized carbons (Fsp3) is 0.350. The smallest absolute Gasteiger partial charge is 0.243 e. The van der Waals surface area contributed by atoms with Crippen molar-refractivity contribution in [2.24, 2.45) is 0 Å². The fourth-order valence-corrected chi connectivity index (χ4v) is 3.61. The maximum absolute atomic E-state index is 12.7. The number of nitrogens with zero attached hydrogens (tertiary/aromatic N) is 2. The van der Waals surface area contributed by atoms with Crippen molar-refractivity contribution in [3.63, 3.8) is 0 Å². The van der Waals surface area contributed by atoms with Gasteiger partial charge in [0.1, 0.15) is 6.54 Å². The Hall–Kier alpha value is -2.74. The van der Waals surface area contributed by atoms with Crippen LogP contribution in [0, 0.1) is 6.92 Å². The number of amides is 1. The monoisotopic (exact) mass is 406 g/mol. The van der Waals surface area contributed by atoms with E-state index in [9.17, 15) is 13.2 Å². The number of carbonyl (C=O) groups is 1. The topological polar surface area (TPSA) is 76.2 Å². The Balaban J connectivity index is 2.17. The molecule has 0 spiro atoms. The molecule has 0 saturated heterocycles. The normalized spacial score (nSPS) is 11.0. The third-order valence-corrected chi connectivity index (χ3v) is 5.40. The Morgan fingerprint density at radius 1 is 1.04 bits per heavy atom. The highest BCUT2D eigenvalue weighted by Gasteiger charge is 2.23. The van der Waals surface area contributed by atoms with Crippen molar-refractivity contribution < 1.29 is 22.7 Å². The molecule has 0 aromatic heterocycles. The van der Waals surface area contributed by atoms with Crippen LogP contribution in [0.2, 0.25) is 0 Å². The van der Waals surface area contributed by atoms with Gasteiger partial charge in [-0.15, -0.1) is 0 Å². The SMILES string of the molecule is COc1ccc(CN(C)C(=O)CN(c2cccc(C)c2)S(C)(=O)=O)cc1OC. The average molecular weight is 407 g/mol. The van der Waals surface area contributed by atoms with E-state index in [1.165, 1.54) is 4.90 Å². The standard InChI is InChI=1S/C20H26N2O5S/c1-15-7-6-8-17(11-15)22(28(5,24)25)14-20(23)21(2)13-16-9-10-18(26-3)19(12-16)27-4/h6-12H,13-14H2,1-5H3. The molecule has 0 heterocycles. The first-order valence-electron chi connectivity index (χ1n) is 8.65. The molecule has 0 aliphatic rings. The van der Waals surface area contributed by atoms with Crippen molar-refractivity contribution in [2.75, 3.05) is 38.4 Å². The minimum Gasteiger partial charge on any atom is -0.493 e. The summed E-state index contributed by atoms with van der Waals surface area (Å²) in [7, 11) is 1.13. The van der Waals surface area contributed by atoms with Gasteiger partial charge in [0, 0.05) is 13.6 Å². The minimum absolute atomic E-state index is 0.272. The molecule has 0 N–H and O–H groups in total. The first-order chi connectivity index (χ1) is 13.2. The van der Waals surface area contributed by atoms with E-state index < -0.39 is 10.0 Å². The summed E-state index contributed by atoms with van der Waals surface area (Å²) in [6, 6.07) is 12.4. The second-order valence-electron chi connectivity index (χ2n) is 6.55. The molecule has 1 amide bonds. The number of aryl methyl sites for hydroxylation is 1. The van der Waals surface area contributed by atoms with Crippen LogP contribution in [0.4, 0.5) is 5.69 Å². The highest BCUT2D eigenvalue weighted by molar-refractivity contribution is 7.92. The largest absolute Gasteiger partial charge is 0.493 e. The lowest BCUT2D eigenvalue weighted by Crippen LogP contribution is -2.41. The van der Waals surface area contributed by atoms with Gasteiger partial charge in [-0.2, -0.15) is 0 Å². The van der Waals surface area contributed by atoms with Crippen LogP contribution in [0.3, 0.4) is 0 Å². The number of sulfonamides is 1. The number of likely N-dealkylation sites (N-methyl/N-ethyl adjacent to an activating group) is 1. The quantitative estimate of drug-likeness (QED) is 0.673. The van der Waals surface area contributed by atoms with Crippen LogP contribution in [0.15, 0.2) is 42.5 Å². The molecule has 2 aromatic carbocycles. The molecule has 28 heavy (non-hydrogen) atoms. The number of anilines is 1. The molecule has 0 radical (unpaired) electrons. The molecule has 0 unspecified atom stereocenters. The van der Waals surface area contributed by atoms with E-state index in [1.807, 2.05) is 19.1 Å². The maximum Gasteiger partial charge on any atom is 0.243 e. The first kappa shape index (κ1) is 21.6. The number of hydrogen-bond donors (Lipinski definition) is 0. The molecule has 7 nitrogen and oxygen atoms in total. The van der Waals surface area contributed by atoms with Gasteiger partial charge in [-0.25, -0.2) is 8.42 Å². The Labute approximate surface area is 166 Å². The van der Waals surface area contributed by atoms with Crippen molar-refractivity contribution in [3.8, 4) is 11.5 Å². The zero-order valence-electron chi connectivity index (χ0n) is 16.8. The van der Waals surface area contributed by atoms with Gasteiger partial charge in [0.15, 0.2) is 11.5 Å². The number of rotatable bonds is 8. The lowest BCUT2D eigenvalue weighted by atomic mass is 10.2. The van der Waals surface area contributed by atoms with Crippen LogP contribution in [0.5, 0.6) is 11.5 Å². The summed E-state index contributed by atoms with van der Waals surface area (Å²) in [4.78, 5) is 14.2. The Morgan fingerprint density at radius 2 is 1.71 bits per heavy atom. The number of ether oxygens (including phenoxy) is 2. The molecule has 0 atom stereocenters. The zero-order valence-corrected chi connectivity index (χ0v) is 17.6. The Morgan fingerprint density at radius 3 is 2.29 bits per heavy atom. The summed E-state index contributed by atoms with van der Waals surface area (Å²) >= 11 is 0. The molecule has 0 saturated carbocycles. The number of benzene rings is 2. The van der Waals surface area contributed by atoms with Crippen LogP contribution in [-0.4, -0.2) is 53.3 Å². The highest BCUT2D eigenvalue weighted by Crippen LogP contribution is 2.28. The van der Waals surface area contributed by atoms with Crippen LogP contribution in [-0.2, 0) is 21.4 Å². The van der Waals surface area contributed by atoms with Crippen molar-refractivity contribution in [1.29, 1.82) is 0 Å². The van der Waals surface area contributed by atoms with Gasteiger partial charge < -0.3 is 14.4 Å².